The van der Waals surface area contributed by atoms with Gasteiger partial charge in [-0.15, -0.1) is 0 Å². The highest BCUT2D eigenvalue weighted by Crippen LogP contribution is 2.40. The van der Waals surface area contributed by atoms with Crippen molar-refractivity contribution in [3.63, 3.8) is 0 Å². The van der Waals surface area contributed by atoms with Gasteiger partial charge in [-0.25, -0.2) is 19.8 Å². The summed E-state index contributed by atoms with van der Waals surface area (Å²) in [6.45, 7) is 7.64. The number of hydrogen-bond acceptors (Lipinski definition) is 4. The molecule has 9 rings (SSSR count). The number of rotatable bonds is 4. The Balaban J connectivity index is 1.31. The van der Waals surface area contributed by atoms with E-state index in [0.717, 1.165) is 55.0 Å². The molecule has 0 amide bonds. The van der Waals surface area contributed by atoms with Gasteiger partial charge in [0.2, 0.25) is 0 Å². The van der Waals surface area contributed by atoms with Crippen LogP contribution in [0.1, 0.15) is 0 Å². The van der Waals surface area contributed by atoms with Crippen molar-refractivity contribution in [2.75, 3.05) is 0 Å². The minimum atomic E-state index is 0.542. The Kier molecular flexibility index (Phi) is 5.77. The summed E-state index contributed by atoms with van der Waals surface area (Å²) in [5.74, 6) is 1.72. The Labute approximate surface area is 263 Å². The van der Waals surface area contributed by atoms with Crippen LogP contribution in [0, 0.1) is 6.57 Å². The Bertz CT molecular complexity index is 2650. The second kappa shape index (κ2) is 10.3. The lowest BCUT2D eigenvalue weighted by atomic mass is 10.0. The summed E-state index contributed by atoms with van der Waals surface area (Å²) < 4.78 is 8.51. The standard InChI is InChI=1S/C40H23N5O/c1-41-31-18-11-21-34-37(31)29-23-22-26(24-35(29)46-34)39-42-38(25-12-4-2-5-13-25)43-40(44-39)30-17-10-20-33-36(30)28-16-8-9-19-32(28)45(33)27-14-6-3-7-15-27/h2-24H. The number of para-hydroxylation sites is 2. The molecular formula is C40H23N5O. The third-order valence-corrected chi connectivity index (χ3v) is 8.47. The molecule has 0 atom stereocenters. The fraction of sp³-hybridized carbons (Fsp3) is 0. The second-order valence-electron chi connectivity index (χ2n) is 11.1. The number of aromatic nitrogens is 4. The minimum Gasteiger partial charge on any atom is -0.457 e. The first kappa shape index (κ1) is 25.9. The molecule has 46 heavy (non-hydrogen) atoms. The van der Waals surface area contributed by atoms with E-state index in [1.165, 1.54) is 0 Å². The van der Waals surface area contributed by atoms with E-state index in [9.17, 15) is 0 Å². The van der Waals surface area contributed by atoms with Crippen LogP contribution >= 0.6 is 0 Å². The van der Waals surface area contributed by atoms with Gasteiger partial charge >= 0.3 is 0 Å². The molecular weight excluding hydrogens is 566 g/mol. The molecule has 0 spiro atoms. The molecule has 3 aromatic heterocycles. The van der Waals surface area contributed by atoms with E-state index in [4.69, 9.17) is 25.9 Å². The van der Waals surface area contributed by atoms with Crippen LogP contribution in [0.25, 0.3) is 88.4 Å². The Morgan fingerprint density at radius 2 is 1.22 bits per heavy atom. The average molecular weight is 590 g/mol. The van der Waals surface area contributed by atoms with E-state index in [1.807, 2.05) is 72.8 Å². The van der Waals surface area contributed by atoms with Crippen molar-refractivity contribution >= 4 is 49.4 Å². The van der Waals surface area contributed by atoms with Crippen LogP contribution in [0.3, 0.4) is 0 Å². The molecule has 6 heteroatoms. The maximum absolute atomic E-state index is 7.64. The molecule has 3 heterocycles. The Morgan fingerprint density at radius 1 is 0.522 bits per heavy atom. The molecule has 0 fully saturated rings. The molecule has 0 bridgehead atoms. The molecule has 214 valence electrons. The summed E-state index contributed by atoms with van der Waals surface area (Å²) in [6.07, 6.45) is 0. The first-order chi connectivity index (χ1) is 22.8. The molecule has 0 radical (unpaired) electrons. The first-order valence-corrected chi connectivity index (χ1v) is 15.0. The third kappa shape index (κ3) is 4.00. The van der Waals surface area contributed by atoms with E-state index in [1.54, 1.807) is 0 Å². The first-order valence-electron chi connectivity index (χ1n) is 15.0. The van der Waals surface area contributed by atoms with Crippen molar-refractivity contribution in [3.8, 4) is 39.9 Å². The topological polar surface area (TPSA) is 61.1 Å². The van der Waals surface area contributed by atoms with Gasteiger partial charge in [0.15, 0.2) is 23.2 Å². The number of nitrogens with zero attached hydrogens (tertiary/aromatic N) is 5. The third-order valence-electron chi connectivity index (χ3n) is 8.47. The molecule has 0 saturated carbocycles. The molecule has 9 aromatic rings. The lowest BCUT2D eigenvalue weighted by Crippen LogP contribution is -2.00. The Hall–Kier alpha value is -6.58. The van der Waals surface area contributed by atoms with Gasteiger partial charge in [-0.3, -0.25) is 0 Å². The van der Waals surface area contributed by atoms with Gasteiger partial charge in [0, 0.05) is 43.9 Å². The van der Waals surface area contributed by atoms with E-state index in [0.29, 0.717) is 34.3 Å². The second-order valence-corrected chi connectivity index (χ2v) is 11.1. The van der Waals surface area contributed by atoms with E-state index in [2.05, 4.69) is 76.1 Å². The maximum atomic E-state index is 7.64. The molecule has 0 unspecified atom stereocenters. The molecule has 6 aromatic carbocycles. The summed E-state index contributed by atoms with van der Waals surface area (Å²) in [6, 6.07) is 46.7. The van der Waals surface area contributed by atoms with E-state index < -0.39 is 0 Å². The van der Waals surface area contributed by atoms with Crippen LogP contribution in [0.2, 0.25) is 0 Å². The summed E-state index contributed by atoms with van der Waals surface area (Å²) in [7, 11) is 0. The smallest absolute Gasteiger partial charge is 0.198 e. The van der Waals surface area contributed by atoms with Crippen molar-refractivity contribution in [1.29, 1.82) is 0 Å². The molecule has 0 aliphatic carbocycles. The van der Waals surface area contributed by atoms with Gasteiger partial charge in [-0.1, -0.05) is 103 Å². The van der Waals surface area contributed by atoms with Crippen LogP contribution < -0.4 is 0 Å². The van der Waals surface area contributed by atoms with Gasteiger partial charge < -0.3 is 8.98 Å². The van der Waals surface area contributed by atoms with Gasteiger partial charge in [-0.05, 0) is 36.4 Å². The number of benzene rings is 6. The highest BCUT2D eigenvalue weighted by molar-refractivity contribution is 6.15. The Morgan fingerprint density at radius 3 is 2.04 bits per heavy atom. The fourth-order valence-corrected chi connectivity index (χ4v) is 6.44. The highest BCUT2D eigenvalue weighted by atomic mass is 16.3. The predicted molar refractivity (Wildman–Crippen MR) is 184 cm³/mol. The summed E-state index contributed by atoms with van der Waals surface area (Å²) >= 11 is 0. The van der Waals surface area contributed by atoms with E-state index >= 15 is 0 Å². The van der Waals surface area contributed by atoms with Crippen LogP contribution in [0.5, 0.6) is 0 Å². The SMILES string of the molecule is [C-]#[N+]c1cccc2oc3cc(-c4nc(-c5ccccc5)nc(-c5cccc6c5c5ccccc5n6-c5ccccc5)n4)ccc3c12. The highest BCUT2D eigenvalue weighted by Gasteiger charge is 2.20. The van der Waals surface area contributed by atoms with Crippen LogP contribution in [0.15, 0.2) is 144 Å². The fourth-order valence-electron chi connectivity index (χ4n) is 6.44. The summed E-state index contributed by atoms with van der Waals surface area (Å²) in [4.78, 5) is 18.9. The van der Waals surface area contributed by atoms with Crippen LogP contribution in [-0.4, -0.2) is 19.5 Å². The number of fused-ring (bicyclic) bond motifs is 6. The summed E-state index contributed by atoms with van der Waals surface area (Å²) in [5, 5.41) is 3.92. The van der Waals surface area contributed by atoms with E-state index in [-0.39, 0.29) is 0 Å². The monoisotopic (exact) mass is 589 g/mol. The lowest BCUT2D eigenvalue weighted by molar-refractivity contribution is 0.669. The van der Waals surface area contributed by atoms with Gasteiger partial charge in [0.1, 0.15) is 11.2 Å². The normalized spacial score (nSPS) is 11.5. The van der Waals surface area contributed by atoms with Crippen LogP contribution in [0.4, 0.5) is 5.69 Å². The lowest BCUT2D eigenvalue weighted by Gasteiger charge is -2.10. The number of furan rings is 1. The van der Waals surface area contributed by atoms with Crippen molar-refractivity contribution in [3.05, 3.63) is 151 Å². The van der Waals surface area contributed by atoms with Gasteiger partial charge in [0.05, 0.1) is 17.6 Å². The molecule has 0 aliphatic heterocycles. The van der Waals surface area contributed by atoms with Crippen molar-refractivity contribution in [1.82, 2.24) is 19.5 Å². The van der Waals surface area contributed by atoms with Crippen molar-refractivity contribution in [2.24, 2.45) is 0 Å². The summed E-state index contributed by atoms with van der Waals surface area (Å²) in [5.41, 5.74) is 7.84. The quantitative estimate of drug-likeness (QED) is 0.192. The zero-order chi connectivity index (χ0) is 30.6. The number of hydrogen-bond donors (Lipinski definition) is 0. The van der Waals surface area contributed by atoms with Gasteiger partial charge in [0.25, 0.3) is 0 Å². The predicted octanol–water partition coefficient (Wildman–Crippen LogP) is 10.4. The molecule has 0 saturated heterocycles. The van der Waals surface area contributed by atoms with Crippen molar-refractivity contribution < 1.29 is 4.42 Å². The molecule has 0 N–H and O–H groups in total. The van der Waals surface area contributed by atoms with Crippen LogP contribution in [-0.2, 0) is 0 Å². The van der Waals surface area contributed by atoms with Crippen molar-refractivity contribution in [2.45, 2.75) is 0 Å². The zero-order valence-electron chi connectivity index (χ0n) is 24.4. The average Bonchev–Trinajstić information content (AvgIpc) is 3.67. The van der Waals surface area contributed by atoms with Gasteiger partial charge in [-0.2, -0.15) is 0 Å². The molecule has 6 nitrogen and oxygen atoms in total. The zero-order valence-corrected chi connectivity index (χ0v) is 24.4. The maximum Gasteiger partial charge on any atom is 0.198 e. The molecule has 0 aliphatic rings. The minimum absolute atomic E-state index is 0.542. The largest absolute Gasteiger partial charge is 0.457 e.